The summed E-state index contributed by atoms with van der Waals surface area (Å²) < 4.78 is 1.87. The molecule has 4 rings (SSSR count). The molecule has 1 aliphatic rings. The van der Waals surface area contributed by atoms with Gasteiger partial charge in [0.2, 0.25) is 0 Å². The van der Waals surface area contributed by atoms with E-state index in [-0.39, 0.29) is 6.10 Å². The van der Waals surface area contributed by atoms with E-state index >= 15 is 0 Å². The largest absolute Gasteiger partial charge is 0.393 e. The molecule has 1 aliphatic carbocycles. The van der Waals surface area contributed by atoms with Gasteiger partial charge < -0.3 is 10.4 Å². The van der Waals surface area contributed by atoms with Crippen LogP contribution in [0.3, 0.4) is 0 Å². The van der Waals surface area contributed by atoms with Gasteiger partial charge >= 0.3 is 0 Å². The molecule has 0 spiro atoms. The number of hydrogen-bond acceptors (Lipinski definition) is 6. The van der Waals surface area contributed by atoms with Crippen LogP contribution in [0, 0.1) is 0 Å². The highest BCUT2D eigenvalue weighted by molar-refractivity contribution is 7.98. The van der Waals surface area contributed by atoms with Crippen LogP contribution >= 0.6 is 11.8 Å². The summed E-state index contributed by atoms with van der Waals surface area (Å²) in [7, 11) is 0. The zero-order valence-electron chi connectivity index (χ0n) is 14.1. The van der Waals surface area contributed by atoms with Crippen molar-refractivity contribution < 1.29 is 5.11 Å². The van der Waals surface area contributed by atoms with Gasteiger partial charge in [-0.05, 0) is 56.2 Å². The molecule has 1 saturated carbocycles. The Hall–Kier alpha value is -2.12. The lowest BCUT2D eigenvalue weighted by Crippen LogP contribution is -2.28. The third-order valence-corrected chi connectivity index (χ3v) is 5.29. The monoisotopic (exact) mass is 355 g/mol. The van der Waals surface area contributed by atoms with E-state index in [9.17, 15) is 5.11 Å². The Morgan fingerprint density at radius 3 is 2.80 bits per heavy atom. The van der Waals surface area contributed by atoms with Crippen LogP contribution in [0.25, 0.3) is 16.9 Å². The van der Waals surface area contributed by atoms with E-state index in [0.717, 1.165) is 53.4 Å². The fourth-order valence-corrected chi connectivity index (χ4v) is 3.67. The molecule has 2 N–H and O–H groups in total. The third kappa shape index (κ3) is 3.48. The van der Waals surface area contributed by atoms with E-state index in [4.69, 9.17) is 5.10 Å². The van der Waals surface area contributed by atoms with Crippen molar-refractivity contribution in [1.29, 1.82) is 0 Å². The van der Waals surface area contributed by atoms with E-state index in [1.807, 2.05) is 41.4 Å². The van der Waals surface area contributed by atoms with Gasteiger partial charge in [-0.1, -0.05) is 0 Å². The van der Waals surface area contributed by atoms with Crippen LogP contribution in [0.1, 0.15) is 25.7 Å². The fraction of sp³-hybridized carbons (Fsp3) is 0.389. The topological polar surface area (TPSA) is 75.3 Å². The molecule has 0 amide bonds. The predicted molar refractivity (Wildman–Crippen MR) is 99.9 cm³/mol. The summed E-state index contributed by atoms with van der Waals surface area (Å²) in [6.45, 7) is 0. The van der Waals surface area contributed by atoms with Crippen molar-refractivity contribution in [3.05, 3.63) is 36.7 Å². The van der Waals surface area contributed by atoms with Crippen LogP contribution in [0.4, 0.5) is 5.82 Å². The molecule has 0 saturated heterocycles. The molecular weight excluding hydrogens is 334 g/mol. The Bertz CT molecular complexity index is 873. The molecule has 130 valence electrons. The summed E-state index contributed by atoms with van der Waals surface area (Å²) in [5, 5.41) is 18.9. The maximum Gasteiger partial charge on any atom is 0.154 e. The van der Waals surface area contributed by atoms with Gasteiger partial charge in [0, 0.05) is 17.8 Å². The SMILES string of the molecule is CSc1cc(-c2cnc3ccc(NC4CCC(O)CC4)nn23)ccn1. The van der Waals surface area contributed by atoms with Crippen molar-refractivity contribution in [2.75, 3.05) is 11.6 Å². The molecule has 1 fully saturated rings. The average Bonchev–Trinajstić information content (AvgIpc) is 3.07. The van der Waals surface area contributed by atoms with Gasteiger partial charge in [0.1, 0.15) is 5.82 Å². The van der Waals surface area contributed by atoms with Crippen molar-refractivity contribution in [2.45, 2.75) is 42.9 Å². The Balaban J connectivity index is 1.63. The standard InChI is InChI=1S/C18H21N5OS/c1-25-18-10-12(8-9-19-18)15-11-20-17-7-6-16(22-23(15)17)21-13-2-4-14(24)5-3-13/h6-11,13-14,24H,2-5H2,1H3,(H,21,22). The molecule has 0 radical (unpaired) electrons. The minimum absolute atomic E-state index is 0.147. The van der Waals surface area contributed by atoms with Crippen molar-refractivity contribution in [2.24, 2.45) is 0 Å². The summed E-state index contributed by atoms with van der Waals surface area (Å²) in [4.78, 5) is 8.79. The number of fused-ring (bicyclic) bond motifs is 1. The molecule has 3 heterocycles. The zero-order chi connectivity index (χ0) is 17.2. The summed E-state index contributed by atoms with van der Waals surface area (Å²) >= 11 is 1.62. The number of aromatic nitrogens is 4. The minimum atomic E-state index is -0.147. The highest BCUT2D eigenvalue weighted by Crippen LogP contribution is 2.25. The van der Waals surface area contributed by atoms with Crippen LogP contribution in [0.2, 0.25) is 0 Å². The average molecular weight is 355 g/mol. The van der Waals surface area contributed by atoms with Crippen molar-refractivity contribution in [1.82, 2.24) is 19.6 Å². The third-order valence-electron chi connectivity index (χ3n) is 4.65. The highest BCUT2D eigenvalue weighted by Gasteiger charge is 2.19. The van der Waals surface area contributed by atoms with Crippen LogP contribution < -0.4 is 5.32 Å². The second-order valence-electron chi connectivity index (χ2n) is 6.37. The predicted octanol–water partition coefficient (Wildman–Crippen LogP) is 3.23. The van der Waals surface area contributed by atoms with E-state index in [1.165, 1.54) is 0 Å². The number of nitrogens with one attached hydrogen (secondary N) is 1. The molecule has 0 atom stereocenters. The van der Waals surface area contributed by atoms with Crippen LogP contribution in [-0.4, -0.2) is 43.1 Å². The minimum Gasteiger partial charge on any atom is -0.393 e. The number of thioether (sulfide) groups is 1. The van der Waals surface area contributed by atoms with Gasteiger partial charge in [-0.2, -0.15) is 0 Å². The number of aliphatic hydroxyl groups excluding tert-OH is 1. The first-order valence-corrected chi connectivity index (χ1v) is 9.75. The number of imidazole rings is 1. The van der Waals surface area contributed by atoms with E-state index in [1.54, 1.807) is 11.8 Å². The smallest absolute Gasteiger partial charge is 0.154 e. The number of pyridine rings is 1. The van der Waals surface area contributed by atoms with Crippen molar-refractivity contribution >= 4 is 23.2 Å². The van der Waals surface area contributed by atoms with Gasteiger partial charge in [0.05, 0.1) is 23.0 Å². The van der Waals surface area contributed by atoms with E-state index in [0.29, 0.717) is 6.04 Å². The zero-order valence-corrected chi connectivity index (χ0v) is 14.9. The molecule has 0 bridgehead atoms. The maximum absolute atomic E-state index is 9.65. The van der Waals surface area contributed by atoms with Crippen molar-refractivity contribution in [3.63, 3.8) is 0 Å². The summed E-state index contributed by atoms with van der Waals surface area (Å²) in [5.74, 6) is 0.840. The summed E-state index contributed by atoms with van der Waals surface area (Å²) in [5.41, 5.74) is 2.83. The fourth-order valence-electron chi connectivity index (χ4n) is 3.26. The van der Waals surface area contributed by atoms with Gasteiger partial charge in [0.15, 0.2) is 5.65 Å². The van der Waals surface area contributed by atoms with Crippen LogP contribution in [-0.2, 0) is 0 Å². The first kappa shape index (κ1) is 16.4. The summed E-state index contributed by atoms with van der Waals surface area (Å²) in [6.07, 6.45) is 9.18. The number of aliphatic hydroxyl groups is 1. The number of hydrogen-bond donors (Lipinski definition) is 2. The molecular formula is C18H21N5OS. The van der Waals surface area contributed by atoms with Gasteiger partial charge in [0.25, 0.3) is 0 Å². The molecule has 3 aromatic rings. The lowest BCUT2D eigenvalue weighted by atomic mass is 9.93. The molecule has 6 nitrogen and oxygen atoms in total. The molecule has 3 aromatic heterocycles. The van der Waals surface area contributed by atoms with E-state index in [2.05, 4.69) is 21.4 Å². The van der Waals surface area contributed by atoms with Gasteiger partial charge in [-0.25, -0.2) is 14.5 Å². The molecule has 7 heteroatoms. The Labute approximate surface area is 150 Å². The Morgan fingerprint density at radius 1 is 1.16 bits per heavy atom. The maximum atomic E-state index is 9.65. The summed E-state index contributed by atoms with van der Waals surface area (Å²) in [6, 6.07) is 8.35. The quantitative estimate of drug-likeness (QED) is 0.700. The van der Waals surface area contributed by atoms with Gasteiger partial charge in [-0.3, -0.25) is 0 Å². The molecule has 0 aliphatic heterocycles. The van der Waals surface area contributed by atoms with E-state index < -0.39 is 0 Å². The first-order chi connectivity index (χ1) is 12.2. The van der Waals surface area contributed by atoms with Gasteiger partial charge in [-0.15, -0.1) is 16.9 Å². The normalized spacial score (nSPS) is 20.7. The lowest BCUT2D eigenvalue weighted by Gasteiger charge is -2.26. The second kappa shape index (κ2) is 7.01. The van der Waals surface area contributed by atoms with Crippen LogP contribution in [0.5, 0.6) is 0 Å². The first-order valence-electron chi connectivity index (χ1n) is 8.53. The second-order valence-corrected chi connectivity index (χ2v) is 7.20. The molecule has 0 unspecified atom stereocenters. The van der Waals surface area contributed by atoms with Crippen LogP contribution in [0.15, 0.2) is 41.7 Å². The molecule has 0 aromatic carbocycles. The highest BCUT2D eigenvalue weighted by atomic mass is 32.2. The number of nitrogens with zero attached hydrogens (tertiary/aromatic N) is 4. The molecule has 25 heavy (non-hydrogen) atoms. The number of anilines is 1. The Kier molecular flexibility index (Phi) is 4.59. The number of rotatable bonds is 4. The Morgan fingerprint density at radius 2 is 2.00 bits per heavy atom. The van der Waals surface area contributed by atoms with Crippen molar-refractivity contribution in [3.8, 4) is 11.3 Å². The lowest BCUT2D eigenvalue weighted by molar-refractivity contribution is 0.126.